The van der Waals surface area contributed by atoms with E-state index in [2.05, 4.69) is 11.1 Å². The normalized spacial score (nSPS) is 12.1. The molecule has 0 saturated heterocycles. The van der Waals surface area contributed by atoms with Crippen LogP contribution in [0.3, 0.4) is 0 Å². The van der Waals surface area contributed by atoms with Crippen molar-refractivity contribution in [2.75, 3.05) is 7.05 Å². The molecule has 1 amide bonds. The third kappa shape index (κ3) is 2.21. The summed E-state index contributed by atoms with van der Waals surface area (Å²) in [4.78, 5) is 16.6. The summed E-state index contributed by atoms with van der Waals surface area (Å²) in [6.45, 7) is 1.72. The molecule has 1 aromatic carbocycles. The highest BCUT2D eigenvalue weighted by atomic mass is 16.2. The van der Waals surface area contributed by atoms with E-state index in [0.717, 1.165) is 16.5 Å². The van der Waals surface area contributed by atoms with Gasteiger partial charge < -0.3 is 9.88 Å². The zero-order valence-corrected chi connectivity index (χ0v) is 10.5. The third-order valence-electron chi connectivity index (χ3n) is 3.18. The largest absolute Gasteiger partial charge is 0.361 e. The number of para-hydroxylation sites is 1. The molecule has 0 aliphatic heterocycles. The van der Waals surface area contributed by atoms with E-state index in [-0.39, 0.29) is 5.91 Å². The van der Waals surface area contributed by atoms with Gasteiger partial charge in [0.15, 0.2) is 0 Å². The van der Waals surface area contributed by atoms with Gasteiger partial charge in [0.05, 0.1) is 12.5 Å². The van der Waals surface area contributed by atoms with Crippen LogP contribution in [0.5, 0.6) is 0 Å². The van der Waals surface area contributed by atoms with E-state index >= 15 is 0 Å². The molecule has 1 unspecified atom stereocenters. The predicted molar refractivity (Wildman–Crippen MR) is 69.8 cm³/mol. The van der Waals surface area contributed by atoms with Crippen molar-refractivity contribution in [2.24, 2.45) is 0 Å². The number of aromatic nitrogens is 1. The lowest BCUT2D eigenvalue weighted by atomic mass is 10.1. The standard InChI is InChI=1S/C14H15N3O/c1-10(8-15)17(2)14(18)7-11-9-16-13-6-4-3-5-12(11)13/h3-6,9-10,16H,7H2,1-2H3. The number of nitrogens with one attached hydrogen (secondary N) is 1. The maximum absolute atomic E-state index is 12.0. The average Bonchev–Trinajstić information content (AvgIpc) is 2.80. The first-order chi connectivity index (χ1) is 8.63. The van der Waals surface area contributed by atoms with E-state index in [9.17, 15) is 4.79 Å². The fourth-order valence-corrected chi connectivity index (χ4v) is 1.87. The molecule has 1 aromatic heterocycles. The molecule has 1 N–H and O–H groups in total. The highest BCUT2D eigenvalue weighted by Crippen LogP contribution is 2.18. The predicted octanol–water partition coefficient (Wildman–Crippen LogP) is 2.08. The smallest absolute Gasteiger partial charge is 0.227 e. The van der Waals surface area contributed by atoms with Crippen molar-refractivity contribution in [2.45, 2.75) is 19.4 Å². The Balaban J connectivity index is 2.20. The van der Waals surface area contributed by atoms with Crippen LogP contribution >= 0.6 is 0 Å². The molecule has 2 aromatic rings. The van der Waals surface area contributed by atoms with Gasteiger partial charge in [-0.15, -0.1) is 0 Å². The molecule has 2 rings (SSSR count). The number of fused-ring (bicyclic) bond motifs is 1. The molecule has 0 aliphatic carbocycles. The molecule has 92 valence electrons. The van der Waals surface area contributed by atoms with Crippen molar-refractivity contribution in [1.29, 1.82) is 5.26 Å². The number of hydrogen-bond acceptors (Lipinski definition) is 2. The number of carbonyl (C=O) groups is 1. The van der Waals surface area contributed by atoms with Crippen molar-refractivity contribution >= 4 is 16.8 Å². The number of nitrogens with zero attached hydrogens (tertiary/aromatic N) is 2. The quantitative estimate of drug-likeness (QED) is 0.894. The maximum atomic E-state index is 12.0. The van der Waals surface area contributed by atoms with Gasteiger partial charge in [-0.25, -0.2) is 0 Å². The van der Waals surface area contributed by atoms with Gasteiger partial charge >= 0.3 is 0 Å². The lowest BCUT2D eigenvalue weighted by Gasteiger charge is -2.19. The Kier molecular flexibility index (Phi) is 3.33. The summed E-state index contributed by atoms with van der Waals surface area (Å²) in [6, 6.07) is 9.53. The highest BCUT2D eigenvalue weighted by Gasteiger charge is 2.16. The first kappa shape index (κ1) is 12.2. The van der Waals surface area contributed by atoms with Crippen molar-refractivity contribution in [1.82, 2.24) is 9.88 Å². The van der Waals surface area contributed by atoms with Crippen LogP contribution in [0.15, 0.2) is 30.5 Å². The van der Waals surface area contributed by atoms with Crippen LogP contribution in [0.2, 0.25) is 0 Å². The number of aromatic amines is 1. The number of likely N-dealkylation sites (N-methyl/N-ethyl adjacent to an activating group) is 1. The molecule has 1 heterocycles. The van der Waals surface area contributed by atoms with Crippen LogP contribution in [0.1, 0.15) is 12.5 Å². The second-order valence-electron chi connectivity index (χ2n) is 4.35. The van der Waals surface area contributed by atoms with Gasteiger partial charge in [-0.3, -0.25) is 4.79 Å². The second kappa shape index (κ2) is 4.92. The van der Waals surface area contributed by atoms with Crippen molar-refractivity contribution in [3.63, 3.8) is 0 Å². The summed E-state index contributed by atoms with van der Waals surface area (Å²) in [5.74, 6) is -0.0474. The first-order valence-electron chi connectivity index (χ1n) is 5.83. The van der Waals surface area contributed by atoms with Crippen molar-refractivity contribution in [3.05, 3.63) is 36.0 Å². The summed E-state index contributed by atoms with van der Waals surface area (Å²) >= 11 is 0. The maximum Gasteiger partial charge on any atom is 0.227 e. The topological polar surface area (TPSA) is 59.9 Å². The molecule has 0 fully saturated rings. The number of H-pyrrole nitrogens is 1. The molecule has 18 heavy (non-hydrogen) atoms. The first-order valence-corrected chi connectivity index (χ1v) is 5.83. The Labute approximate surface area is 106 Å². The highest BCUT2D eigenvalue weighted by molar-refractivity contribution is 5.88. The Morgan fingerprint density at radius 2 is 2.22 bits per heavy atom. The van der Waals surface area contributed by atoms with Crippen LogP contribution in [-0.4, -0.2) is 28.9 Å². The van der Waals surface area contributed by atoms with Gasteiger partial charge in [-0.2, -0.15) is 5.26 Å². The number of nitriles is 1. The third-order valence-corrected chi connectivity index (χ3v) is 3.18. The molecule has 0 radical (unpaired) electrons. The SMILES string of the molecule is CC(C#N)N(C)C(=O)Cc1c[nH]c2ccccc12. The fourth-order valence-electron chi connectivity index (χ4n) is 1.87. The van der Waals surface area contributed by atoms with E-state index in [1.165, 1.54) is 4.90 Å². The number of carbonyl (C=O) groups excluding carboxylic acids is 1. The minimum atomic E-state index is -0.400. The monoisotopic (exact) mass is 241 g/mol. The summed E-state index contributed by atoms with van der Waals surface area (Å²) in [7, 11) is 1.66. The van der Waals surface area contributed by atoms with Gasteiger partial charge in [0, 0.05) is 24.1 Å². The van der Waals surface area contributed by atoms with Gasteiger partial charge in [0.1, 0.15) is 6.04 Å². The molecular formula is C14H15N3O. The number of amides is 1. The molecule has 0 saturated carbocycles. The van der Waals surface area contributed by atoms with E-state index < -0.39 is 6.04 Å². The van der Waals surface area contributed by atoms with Gasteiger partial charge in [0.25, 0.3) is 0 Å². The van der Waals surface area contributed by atoms with Gasteiger partial charge in [-0.1, -0.05) is 18.2 Å². The summed E-state index contributed by atoms with van der Waals surface area (Å²) in [5.41, 5.74) is 1.99. The lowest BCUT2D eigenvalue weighted by molar-refractivity contribution is -0.130. The molecule has 0 bridgehead atoms. The van der Waals surface area contributed by atoms with Gasteiger partial charge in [0.2, 0.25) is 5.91 Å². The van der Waals surface area contributed by atoms with Crippen LogP contribution in [0, 0.1) is 11.3 Å². The zero-order chi connectivity index (χ0) is 13.1. The zero-order valence-electron chi connectivity index (χ0n) is 10.5. The summed E-state index contributed by atoms with van der Waals surface area (Å²) in [5, 5.41) is 9.86. The number of benzene rings is 1. The summed E-state index contributed by atoms with van der Waals surface area (Å²) in [6.07, 6.45) is 2.17. The molecular weight excluding hydrogens is 226 g/mol. The van der Waals surface area contributed by atoms with E-state index in [1.54, 1.807) is 14.0 Å². The minimum Gasteiger partial charge on any atom is -0.361 e. The molecule has 4 heteroatoms. The van der Waals surface area contributed by atoms with E-state index in [4.69, 9.17) is 5.26 Å². The Bertz CT molecular complexity index is 609. The lowest BCUT2D eigenvalue weighted by Crippen LogP contribution is -2.35. The number of hydrogen-bond donors (Lipinski definition) is 1. The fraction of sp³-hybridized carbons (Fsp3) is 0.286. The van der Waals surface area contributed by atoms with Crippen molar-refractivity contribution in [3.8, 4) is 6.07 Å². The van der Waals surface area contributed by atoms with Crippen LogP contribution < -0.4 is 0 Å². The van der Waals surface area contributed by atoms with E-state index in [1.807, 2.05) is 30.5 Å². The van der Waals surface area contributed by atoms with Crippen molar-refractivity contribution < 1.29 is 4.79 Å². The summed E-state index contributed by atoms with van der Waals surface area (Å²) < 4.78 is 0. The van der Waals surface area contributed by atoms with E-state index in [0.29, 0.717) is 6.42 Å². The molecule has 1 atom stereocenters. The Morgan fingerprint density at radius 1 is 1.50 bits per heavy atom. The second-order valence-corrected chi connectivity index (χ2v) is 4.35. The Morgan fingerprint density at radius 3 is 2.94 bits per heavy atom. The van der Waals surface area contributed by atoms with Crippen LogP contribution in [0.4, 0.5) is 0 Å². The van der Waals surface area contributed by atoms with Gasteiger partial charge in [-0.05, 0) is 18.6 Å². The molecule has 0 aliphatic rings. The van der Waals surface area contributed by atoms with Crippen LogP contribution in [0.25, 0.3) is 10.9 Å². The minimum absolute atomic E-state index is 0.0474. The average molecular weight is 241 g/mol. The molecule has 4 nitrogen and oxygen atoms in total. The molecule has 0 spiro atoms. The van der Waals surface area contributed by atoms with Crippen LogP contribution in [-0.2, 0) is 11.2 Å². The number of rotatable bonds is 3. The Hall–Kier alpha value is -2.28.